The fourth-order valence-corrected chi connectivity index (χ4v) is 4.51. The molecular formula is C19H24N6O3S2. The Bertz CT molecular complexity index is 1250. The second-order valence-electron chi connectivity index (χ2n) is 7.99. The molecule has 0 saturated heterocycles. The van der Waals surface area contributed by atoms with Crippen LogP contribution >= 0.6 is 23.1 Å². The van der Waals surface area contributed by atoms with Crippen LogP contribution in [0.1, 0.15) is 39.2 Å². The van der Waals surface area contributed by atoms with Gasteiger partial charge >= 0.3 is 5.69 Å². The average Bonchev–Trinajstić information content (AvgIpc) is 3.15. The largest absolute Gasteiger partial charge is 0.332 e. The number of amides is 1. The molecule has 11 heteroatoms. The molecule has 3 rings (SSSR count). The van der Waals surface area contributed by atoms with Crippen LogP contribution in [-0.4, -0.2) is 37.0 Å². The highest BCUT2D eigenvalue weighted by atomic mass is 32.2. The molecule has 3 aromatic heterocycles. The van der Waals surface area contributed by atoms with E-state index in [2.05, 4.69) is 15.0 Å². The van der Waals surface area contributed by atoms with Gasteiger partial charge in [-0.1, -0.05) is 32.5 Å². The molecular weight excluding hydrogens is 424 g/mol. The summed E-state index contributed by atoms with van der Waals surface area (Å²) in [6.45, 7) is 7.42. The van der Waals surface area contributed by atoms with Gasteiger partial charge in [0.15, 0.2) is 10.8 Å². The maximum atomic E-state index is 12.9. The molecule has 3 heterocycles. The molecule has 0 unspecified atom stereocenters. The monoisotopic (exact) mass is 448 g/mol. The van der Waals surface area contributed by atoms with Gasteiger partial charge < -0.3 is 0 Å². The number of aryl methyl sites for hydroxylation is 1. The number of hydrogen-bond acceptors (Lipinski definition) is 8. The van der Waals surface area contributed by atoms with Crippen molar-refractivity contribution in [2.75, 3.05) is 11.9 Å². The van der Waals surface area contributed by atoms with Gasteiger partial charge in [-0.25, -0.2) is 19.7 Å². The lowest BCUT2D eigenvalue weighted by Crippen LogP contribution is -2.38. The lowest BCUT2D eigenvalue weighted by molar-refractivity contribution is -0.116. The minimum Gasteiger partial charge on any atom is -0.292 e. The first kappa shape index (κ1) is 22.2. The summed E-state index contributed by atoms with van der Waals surface area (Å²) in [5.74, 6) is 0.921. The van der Waals surface area contributed by atoms with E-state index in [1.54, 1.807) is 14.1 Å². The van der Waals surface area contributed by atoms with E-state index in [-0.39, 0.29) is 11.3 Å². The van der Waals surface area contributed by atoms with Crippen molar-refractivity contribution < 1.29 is 4.79 Å². The van der Waals surface area contributed by atoms with Gasteiger partial charge in [0, 0.05) is 44.6 Å². The zero-order valence-electron chi connectivity index (χ0n) is 18.0. The van der Waals surface area contributed by atoms with E-state index in [4.69, 9.17) is 0 Å². The molecule has 0 aliphatic rings. The Hall–Kier alpha value is -2.53. The third kappa shape index (κ3) is 4.04. The molecule has 0 saturated carbocycles. The van der Waals surface area contributed by atoms with Crippen molar-refractivity contribution in [2.45, 2.75) is 43.9 Å². The van der Waals surface area contributed by atoms with E-state index >= 15 is 0 Å². The van der Waals surface area contributed by atoms with Crippen molar-refractivity contribution >= 4 is 45.2 Å². The molecule has 0 atom stereocenters. The Balaban J connectivity index is 2.09. The lowest BCUT2D eigenvalue weighted by atomic mass is 9.96. The fourth-order valence-electron chi connectivity index (χ4n) is 2.66. The standard InChI is InChI=1S/C19H24N6O3S2/c1-10(26)23(5)17-20-11(9-30-17)8-29-14-12-13(21-16(22-14)19(2,3)4)24(6)18(28)25(7)15(12)27/h9H,8H2,1-7H3. The van der Waals surface area contributed by atoms with Crippen LogP contribution in [0.2, 0.25) is 0 Å². The SMILES string of the molecule is CC(=O)N(C)c1nc(CSc2nc(C(C)(C)C)nc3c2c(=O)n(C)c(=O)n3C)cs1. The van der Waals surface area contributed by atoms with Crippen molar-refractivity contribution in [1.29, 1.82) is 0 Å². The smallest absolute Gasteiger partial charge is 0.292 e. The molecule has 160 valence electrons. The van der Waals surface area contributed by atoms with Crippen LogP contribution in [0.5, 0.6) is 0 Å². The first-order valence-electron chi connectivity index (χ1n) is 9.21. The molecule has 0 spiro atoms. The van der Waals surface area contributed by atoms with E-state index in [9.17, 15) is 14.4 Å². The third-order valence-electron chi connectivity index (χ3n) is 4.59. The van der Waals surface area contributed by atoms with E-state index in [1.807, 2.05) is 26.2 Å². The molecule has 3 aromatic rings. The molecule has 30 heavy (non-hydrogen) atoms. The van der Waals surface area contributed by atoms with Gasteiger partial charge in [-0.15, -0.1) is 11.3 Å². The molecule has 0 bridgehead atoms. The topological polar surface area (TPSA) is 103 Å². The summed E-state index contributed by atoms with van der Waals surface area (Å²) in [5.41, 5.74) is -0.122. The van der Waals surface area contributed by atoms with Crippen LogP contribution < -0.4 is 16.1 Å². The van der Waals surface area contributed by atoms with Crippen LogP contribution in [0.25, 0.3) is 11.0 Å². The highest BCUT2D eigenvalue weighted by molar-refractivity contribution is 7.98. The number of carbonyl (C=O) groups excluding carboxylic acids is 1. The maximum absolute atomic E-state index is 12.9. The predicted molar refractivity (Wildman–Crippen MR) is 119 cm³/mol. The van der Waals surface area contributed by atoms with E-state index in [0.717, 1.165) is 10.3 Å². The van der Waals surface area contributed by atoms with Crippen LogP contribution in [0.3, 0.4) is 0 Å². The van der Waals surface area contributed by atoms with Gasteiger partial charge in [-0.2, -0.15) is 0 Å². The number of thiazole rings is 1. The number of hydrogen-bond donors (Lipinski definition) is 0. The number of thioether (sulfide) groups is 1. The fraction of sp³-hybridized carbons (Fsp3) is 0.474. The van der Waals surface area contributed by atoms with Gasteiger partial charge in [0.2, 0.25) is 5.91 Å². The minimum atomic E-state index is -0.432. The van der Waals surface area contributed by atoms with Crippen LogP contribution in [-0.2, 0) is 30.1 Å². The third-order valence-corrected chi connectivity index (χ3v) is 6.57. The Kier molecular flexibility index (Phi) is 5.87. The van der Waals surface area contributed by atoms with Gasteiger partial charge in [-0.3, -0.25) is 23.6 Å². The number of anilines is 1. The van der Waals surface area contributed by atoms with E-state index < -0.39 is 11.2 Å². The van der Waals surface area contributed by atoms with Crippen LogP contribution in [0, 0.1) is 0 Å². The first-order chi connectivity index (χ1) is 13.9. The molecule has 0 aliphatic heterocycles. The summed E-state index contributed by atoms with van der Waals surface area (Å²) in [7, 11) is 4.72. The van der Waals surface area contributed by atoms with Gasteiger partial charge in [0.1, 0.15) is 16.2 Å². The zero-order valence-corrected chi connectivity index (χ0v) is 19.6. The number of nitrogens with zero attached hydrogens (tertiary/aromatic N) is 6. The predicted octanol–water partition coefficient (Wildman–Crippen LogP) is 2.06. The molecule has 0 radical (unpaired) electrons. The molecule has 1 amide bonds. The van der Waals surface area contributed by atoms with Crippen LogP contribution in [0.4, 0.5) is 5.13 Å². The molecule has 0 aromatic carbocycles. The number of rotatable bonds is 4. The summed E-state index contributed by atoms with van der Waals surface area (Å²) >= 11 is 2.74. The van der Waals surface area contributed by atoms with Crippen molar-refractivity contribution in [2.24, 2.45) is 14.1 Å². The highest BCUT2D eigenvalue weighted by Crippen LogP contribution is 2.30. The molecule has 0 N–H and O–H groups in total. The van der Waals surface area contributed by atoms with E-state index in [0.29, 0.717) is 32.8 Å². The Morgan fingerprint density at radius 2 is 1.83 bits per heavy atom. The van der Waals surface area contributed by atoms with Gasteiger partial charge in [0.25, 0.3) is 5.56 Å². The van der Waals surface area contributed by atoms with Crippen molar-refractivity contribution in [3.05, 3.63) is 37.7 Å². The number of fused-ring (bicyclic) bond motifs is 1. The van der Waals surface area contributed by atoms with Crippen molar-refractivity contribution in [1.82, 2.24) is 24.1 Å². The Morgan fingerprint density at radius 3 is 2.43 bits per heavy atom. The van der Waals surface area contributed by atoms with Crippen molar-refractivity contribution in [3.63, 3.8) is 0 Å². The maximum Gasteiger partial charge on any atom is 0.332 e. The van der Waals surface area contributed by atoms with E-state index in [1.165, 1.54) is 46.5 Å². The van der Waals surface area contributed by atoms with Crippen LogP contribution in [0.15, 0.2) is 20.0 Å². The summed E-state index contributed by atoms with van der Waals surface area (Å²) in [6.07, 6.45) is 0. The lowest BCUT2D eigenvalue weighted by Gasteiger charge is -2.19. The molecule has 9 nitrogen and oxygen atoms in total. The quantitative estimate of drug-likeness (QED) is 0.444. The second kappa shape index (κ2) is 7.95. The normalized spacial score (nSPS) is 11.8. The average molecular weight is 449 g/mol. The summed E-state index contributed by atoms with van der Waals surface area (Å²) < 4.78 is 2.44. The Labute approximate surface area is 181 Å². The molecule has 0 fully saturated rings. The summed E-state index contributed by atoms with van der Waals surface area (Å²) in [6, 6.07) is 0. The Morgan fingerprint density at radius 1 is 1.17 bits per heavy atom. The zero-order chi connectivity index (χ0) is 22.4. The molecule has 0 aliphatic carbocycles. The summed E-state index contributed by atoms with van der Waals surface area (Å²) in [4.78, 5) is 52.0. The highest BCUT2D eigenvalue weighted by Gasteiger charge is 2.24. The number of carbonyl (C=O) groups is 1. The minimum absolute atomic E-state index is 0.0930. The van der Waals surface area contributed by atoms with Crippen molar-refractivity contribution in [3.8, 4) is 0 Å². The van der Waals surface area contributed by atoms with Gasteiger partial charge in [-0.05, 0) is 0 Å². The van der Waals surface area contributed by atoms with Gasteiger partial charge in [0.05, 0.1) is 5.69 Å². The summed E-state index contributed by atoms with van der Waals surface area (Å²) in [5, 5.41) is 3.31. The first-order valence-corrected chi connectivity index (χ1v) is 11.1. The number of aromatic nitrogens is 5. The second-order valence-corrected chi connectivity index (χ2v) is 9.80.